The smallest absolute Gasteiger partial charge is 0.333 e. The number of ether oxygens (including phenoxy) is 2. The van der Waals surface area contributed by atoms with Crippen LogP contribution in [0.2, 0.25) is 0 Å². The number of Topliss-reactive ketones (excluding diaryl/α,β-unsaturated/α-hetero) is 1. The molecule has 4 nitrogen and oxygen atoms in total. The van der Waals surface area contributed by atoms with Gasteiger partial charge < -0.3 is 9.47 Å². The lowest BCUT2D eigenvalue weighted by Gasteiger charge is -2.07. The van der Waals surface area contributed by atoms with Crippen molar-refractivity contribution in [3.05, 3.63) is 42.0 Å². The molecule has 0 aliphatic rings. The molecule has 1 rings (SSSR count). The lowest BCUT2D eigenvalue weighted by molar-refractivity contribution is -0.139. The van der Waals surface area contributed by atoms with E-state index in [4.69, 9.17) is 9.47 Å². The maximum absolute atomic E-state index is 11.5. The van der Waals surface area contributed by atoms with E-state index in [1.807, 2.05) is 19.1 Å². The summed E-state index contributed by atoms with van der Waals surface area (Å²) < 4.78 is 10.7. The van der Waals surface area contributed by atoms with Crippen LogP contribution in [0.3, 0.4) is 0 Å². The van der Waals surface area contributed by atoms with Crippen molar-refractivity contribution in [2.24, 2.45) is 0 Å². The molecule has 0 saturated heterocycles. The van der Waals surface area contributed by atoms with E-state index in [-0.39, 0.29) is 11.8 Å². The second-order valence-electron chi connectivity index (χ2n) is 5.48. The molecule has 0 fully saturated rings. The van der Waals surface area contributed by atoms with Crippen LogP contribution < -0.4 is 4.74 Å². The molecule has 0 atom stereocenters. The molecule has 0 amide bonds. The summed E-state index contributed by atoms with van der Waals surface area (Å²) in [4.78, 5) is 22.7. The summed E-state index contributed by atoms with van der Waals surface area (Å²) in [5.74, 6) is 0.607. The topological polar surface area (TPSA) is 52.6 Å². The number of hydrogen-bond acceptors (Lipinski definition) is 4. The number of carbonyl (C=O) groups is 2. The molecule has 0 aromatic heterocycles. The molecule has 126 valence electrons. The molecule has 0 saturated carbocycles. The average molecular weight is 318 g/mol. The summed E-state index contributed by atoms with van der Waals surface area (Å²) in [6.07, 6.45) is 4.34. The lowest BCUT2D eigenvalue weighted by Crippen LogP contribution is -2.06. The maximum atomic E-state index is 11.5. The zero-order valence-electron chi connectivity index (χ0n) is 14.1. The van der Waals surface area contributed by atoms with Gasteiger partial charge in [-0.2, -0.15) is 0 Å². The molecule has 0 spiro atoms. The van der Waals surface area contributed by atoms with Crippen LogP contribution in [0.1, 0.15) is 56.3 Å². The molecule has 0 aliphatic carbocycles. The van der Waals surface area contributed by atoms with Gasteiger partial charge in [-0.1, -0.05) is 13.5 Å². The molecule has 1 aromatic rings. The van der Waals surface area contributed by atoms with Gasteiger partial charge in [0.2, 0.25) is 0 Å². The number of esters is 1. The molecule has 4 heteroatoms. The van der Waals surface area contributed by atoms with Crippen molar-refractivity contribution in [2.75, 3.05) is 13.2 Å². The van der Waals surface area contributed by atoms with Gasteiger partial charge in [-0.25, -0.2) is 4.79 Å². The zero-order chi connectivity index (χ0) is 17.1. The summed E-state index contributed by atoms with van der Waals surface area (Å²) in [6, 6.07) is 7.27. The summed E-state index contributed by atoms with van der Waals surface area (Å²) in [5.41, 5.74) is 1.16. The van der Waals surface area contributed by atoms with E-state index in [0.717, 1.165) is 37.0 Å². The van der Waals surface area contributed by atoms with Crippen molar-refractivity contribution in [1.82, 2.24) is 0 Å². The van der Waals surface area contributed by atoms with Gasteiger partial charge in [0.25, 0.3) is 0 Å². The quantitative estimate of drug-likeness (QED) is 0.264. The molecule has 0 N–H and O–H groups in total. The summed E-state index contributed by atoms with van der Waals surface area (Å²) >= 11 is 0. The molecule has 0 unspecified atom stereocenters. The van der Waals surface area contributed by atoms with Crippen LogP contribution in [0.5, 0.6) is 5.75 Å². The van der Waals surface area contributed by atoms with Gasteiger partial charge in [0.1, 0.15) is 5.75 Å². The Morgan fingerprint density at radius 3 is 2.17 bits per heavy atom. The van der Waals surface area contributed by atoms with Gasteiger partial charge in [0, 0.05) is 17.6 Å². The largest absolute Gasteiger partial charge is 0.494 e. The minimum Gasteiger partial charge on any atom is -0.494 e. The molecule has 0 heterocycles. The van der Waals surface area contributed by atoms with Crippen molar-refractivity contribution in [2.45, 2.75) is 46.0 Å². The van der Waals surface area contributed by atoms with Crippen LogP contribution in [0, 0.1) is 0 Å². The average Bonchev–Trinajstić information content (AvgIpc) is 2.56. The van der Waals surface area contributed by atoms with Crippen molar-refractivity contribution in [3.63, 3.8) is 0 Å². The highest BCUT2D eigenvalue weighted by Crippen LogP contribution is 2.14. The van der Waals surface area contributed by atoms with Crippen LogP contribution in [0.25, 0.3) is 0 Å². The van der Waals surface area contributed by atoms with Crippen LogP contribution in [-0.2, 0) is 9.53 Å². The van der Waals surface area contributed by atoms with Gasteiger partial charge in [0.05, 0.1) is 13.2 Å². The third kappa shape index (κ3) is 7.63. The Morgan fingerprint density at radius 1 is 1.00 bits per heavy atom. The van der Waals surface area contributed by atoms with E-state index in [1.54, 1.807) is 19.1 Å². The Labute approximate surface area is 138 Å². The zero-order valence-corrected chi connectivity index (χ0v) is 14.1. The van der Waals surface area contributed by atoms with Crippen LogP contribution in [0.4, 0.5) is 0 Å². The summed E-state index contributed by atoms with van der Waals surface area (Å²) in [7, 11) is 0. The number of unbranched alkanes of at least 4 members (excludes halogenated alkanes) is 3. The van der Waals surface area contributed by atoms with Crippen LogP contribution >= 0.6 is 0 Å². The number of ketones is 1. The van der Waals surface area contributed by atoms with Gasteiger partial charge in [0.15, 0.2) is 5.78 Å². The molecule has 0 radical (unpaired) electrons. The first-order valence-corrected chi connectivity index (χ1v) is 8.13. The molecular weight excluding hydrogens is 292 g/mol. The number of rotatable bonds is 11. The normalized spacial score (nSPS) is 10.2. The van der Waals surface area contributed by atoms with Gasteiger partial charge >= 0.3 is 5.97 Å². The third-order valence-corrected chi connectivity index (χ3v) is 3.39. The van der Waals surface area contributed by atoms with E-state index in [1.165, 1.54) is 0 Å². The second kappa shape index (κ2) is 10.6. The second-order valence-corrected chi connectivity index (χ2v) is 5.48. The van der Waals surface area contributed by atoms with Crippen molar-refractivity contribution >= 4 is 11.8 Å². The fourth-order valence-corrected chi connectivity index (χ4v) is 1.98. The van der Waals surface area contributed by atoms with Gasteiger partial charge in [-0.3, -0.25) is 4.79 Å². The fraction of sp³-hybridized carbons (Fsp3) is 0.474. The third-order valence-electron chi connectivity index (χ3n) is 3.39. The van der Waals surface area contributed by atoms with E-state index in [2.05, 4.69) is 6.58 Å². The Bertz CT molecular complexity index is 517. The minimum absolute atomic E-state index is 0.142. The fourth-order valence-electron chi connectivity index (χ4n) is 1.98. The molecule has 0 bridgehead atoms. The number of benzene rings is 1. The highest BCUT2D eigenvalue weighted by atomic mass is 16.5. The van der Waals surface area contributed by atoms with Crippen molar-refractivity contribution in [3.8, 4) is 5.75 Å². The van der Waals surface area contributed by atoms with E-state index >= 15 is 0 Å². The number of carbonyl (C=O) groups excluding carboxylic acids is 2. The van der Waals surface area contributed by atoms with Gasteiger partial charge in [-0.15, -0.1) is 0 Å². The Hall–Kier alpha value is -2.10. The van der Waals surface area contributed by atoms with Crippen LogP contribution in [-0.4, -0.2) is 25.0 Å². The molecular formula is C19H26O4. The predicted octanol–water partition coefficient (Wildman–Crippen LogP) is 4.34. The van der Waals surface area contributed by atoms with Crippen molar-refractivity contribution in [1.29, 1.82) is 0 Å². The van der Waals surface area contributed by atoms with E-state index < -0.39 is 0 Å². The van der Waals surface area contributed by atoms with E-state index in [9.17, 15) is 9.59 Å². The highest BCUT2D eigenvalue weighted by molar-refractivity contribution is 5.95. The molecule has 0 aliphatic heterocycles. The molecule has 1 aromatic carbocycles. The Balaban J connectivity index is 2.08. The summed E-state index contributed by atoms with van der Waals surface area (Å²) in [6.45, 7) is 8.12. The SMILES string of the molecule is C=C(C)C(=O)OCCCCCCOc1ccc(C(=O)CC)cc1. The van der Waals surface area contributed by atoms with Crippen molar-refractivity contribution < 1.29 is 19.1 Å². The predicted molar refractivity (Wildman–Crippen MR) is 90.8 cm³/mol. The van der Waals surface area contributed by atoms with Gasteiger partial charge in [-0.05, 0) is 56.9 Å². The van der Waals surface area contributed by atoms with E-state index in [0.29, 0.717) is 25.2 Å². The summed E-state index contributed by atoms with van der Waals surface area (Å²) in [5, 5.41) is 0. The molecule has 23 heavy (non-hydrogen) atoms. The minimum atomic E-state index is -0.321. The monoisotopic (exact) mass is 318 g/mol. The first kappa shape index (κ1) is 18.9. The Kier molecular flexibility index (Phi) is 8.73. The highest BCUT2D eigenvalue weighted by Gasteiger charge is 2.03. The lowest BCUT2D eigenvalue weighted by atomic mass is 10.1. The maximum Gasteiger partial charge on any atom is 0.333 e. The van der Waals surface area contributed by atoms with Crippen LogP contribution in [0.15, 0.2) is 36.4 Å². The first-order chi connectivity index (χ1) is 11.0. The first-order valence-electron chi connectivity index (χ1n) is 8.13. The standard InChI is InChI=1S/C19H26O4/c1-4-18(20)16-9-11-17(12-10-16)22-13-7-5-6-8-14-23-19(21)15(2)3/h9-12H,2,4-8,13-14H2,1,3H3. The Morgan fingerprint density at radius 2 is 1.61 bits per heavy atom. The number of hydrogen-bond donors (Lipinski definition) is 0.